The highest BCUT2D eigenvalue weighted by Crippen LogP contribution is 2.27. The van der Waals surface area contributed by atoms with E-state index in [-0.39, 0.29) is 5.91 Å². The average Bonchev–Trinajstić information content (AvgIpc) is 3.46. The van der Waals surface area contributed by atoms with Gasteiger partial charge in [-0.1, -0.05) is 48.0 Å². The van der Waals surface area contributed by atoms with Crippen molar-refractivity contribution in [2.45, 2.75) is 20.4 Å². The van der Waals surface area contributed by atoms with Crippen LogP contribution in [0.3, 0.4) is 0 Å². The molecule has 1 N–H and O–H groups in total. The fraction of sp³-hybridized carbons (Fsp3) is 0.353. The van der Waals surface area contributed by atoms with Gasteiger partial charge in [0.15, 0.2) is 0 Å². The maximum Gasteiger partial charge on any atom is 0.234 e. The number of nitrogens with one attached hydrogen (secondary N) is 1. The van der Waals surface area contributed by atoms with E-state index in [1.165, 1.54) is 22.5 Å². The van der Waals surface area contributed by atoms with Crippen molar-refractivity contribution in [2.75, 3.05) is 68.8 Å². The van der Waals surface area contributed by atoms with Gasteiger partial charge in [0.2, 0.25) is 5.91 Å². The summed E-state index contributed by atoms with van der Waals surface area (Å²) >= 11 is 0. The minimum absolute atomic E-state index is 0.0284. The van der Waals surface area contributed by atoms with E-state index in [4.69, 9.17) is 9.84 Å². The average molecular weight is 565 g/mol. The number of aromatic nitrogens is 2. The number of aryl methyl sites for hydroxylation is 2. The first-order valence-corrected chi connectivity index (χ1v) is 14.9. The van der Waals surface area contributed by atoms with Crippen molar-refractivity contribution in [1.29, 1.82) is 0 Å². The minimum atomic E-state index is 0.0284. The molecule has 1 amide bonds. The Labute approximate surface area is 248 Å². The van der Waals surface area contributed by atoms with E-state index in [2.05, 4.69) is 94.5 Å². The molecular formula is C34H40N6O2. The molecule has 8 nitrogen and oxygen atoms in total. The van der Waals surface area contributed by atoms with Gasteiger partial charge in [-0.2, -0.15) is 5.10 Å². The summed E-state index contributed by atoms with van der Waals surface area (Å²) in [6.07, 6.45) is 0. The number of carbonyl (C=O) groups excluding carboxylic acids is 1. The Morgan fingerprint density at radius 1 is 0.810 bits per heavy atom. The van der Waals surface area contributed by atoms with Gasteiger partial charge in [-0.3, -0.25) is 9.69 Å². The first kappa shape index (κ1) is 28.0. The lowest BCUT2D eigenvalue weighted by atomic mass is 10.1. The molecule has 0 spiro atoms. The smallest absolute Gasteiger partial charge is 0.234 e. The van der Waals surface area contributed by atoms with Crippen LogP contribution in [0.4, 0.5) is 11.4 Å². The lowest BCUT2D eigenvalue weighted by Crippen LogP contribution is -2.49. The highest BCUT2D eigenvalue weighted by Gasteiger charge is 2.21. The molecule has 0 aliphatic carbocycles. The molecule has 2 saturated heterocycles. The van der Waals surface area contributed by atoms with Crippen LogP contribution in [0.5, 0.6) is 0 Å². The van der Waals surface area contributed by atoms with Gasteiger partial charge < -0.3 is 19.9 Å². The normalized spacial score (nSPS) is 16.0. The van der Waals surface area contributed by atoms with Gasteiger partial charge in [0, 0.05) is 56.2 Å². The quantitative estimate of drug-likeness (QED) is 0.342. The number of carbonyl (C=O) groups is 1. The summed E-state index contributed by atoms with van der Waals surface area (Å²) in [6.45, 7) is 12.0. The Bertz CT molecular complexity index is 1490. The van der Waals surface area contributed by atoms with Crippen molar-refractivity contribution in [3.05, 3.63) is 95.7 Å². The lowest BCUT2D eigenvalue weighted by Gasteiger charge is -2.36. The highest BCUT2D eigenvalue weighted by molar-refractivity contribution is 5.78. The number of nitrogens with zero attached hydrogens (tertiary/aromatic N) is 5. The maximum absolute atomic E-state index is 12.9. The van der Waals surface area contributed by atoms with Gasteiger partial charge >= 0.3 is 0 Å². The summed E-state index contributed by atoms with van der Waals surface area (Å²) in [7, 11) is 0. The van der Waals surface area contributed by atoms with Crippen LogP contribution in [0.15, 0.2) is 78.9 Å². The number of morpholine rings is 1. The molecule has 218 valence electrons. The van der Waals surface area contributed by atoms with Gasteiger partial charge in [-0.15, -0.1) is 0 Å². The lowest BCUT2D eigenvalue weighted by molar-refractivity contribution is -0.122. The predicted molar refractivity (Wildman–Crippen MR) is 168 cm³/mol. The first-order chi connectivity index (χ1) is 20.5. The Morgan fingerprint density at radius 3 is 2.26 bits per heavy atom. The van der Waals surface area contributed by atoms with Crippen molar-refractivity contribution in [2.24, 2.45) is 0 Å². The number of amides is 1. The second kappa shape index (κ2) is 12.8. The SMILES string of the molecule is Cc1ccc(N2CCN(CC(=O)NCc3cc(-c4ccc(N5CCOCC5)cc4)n(-c4ccccc4)n3)CC2)c(C)c1. The number of para-hydroxylation sites is 1. The third-order valence-electron chi connectivity index (χ3n) is 8.20. The molecule has 0 bridgehead atoms. The number of rotatable bonds is 8. The molecule has 2 aliphatic rings. The van der Waals surface area contributed by atoms with E-state index in [1.54, 1.807) is 0 Å². The predicted octanol–water partition coefficient (Wildman–Crippen LogP) is 4.43. The molecule has 1 aromatic heterocycles. The molecule has 6 rings (SSSR count). The monoisotopic (exact) mass is 564 g/mol. The van der Waals surface area contributed by atoms with Crippen LogP contribution in [-0.4, -0.2) is 79.6 Å². The molecule has 4 aromatic rings. The molecular weight excluding hydrogens is 524 g/mol. The van der Waals surface area contributed by atoms with E-state index < -0.39 is 0 Å². The van der Waals surface area contributed by atoms with E-state index in [0.717, 1.165) is 75.1 Å². The number of piperazine rings is 1. The minimum Gasteiger partial charge on any atom is -0.378 e. The Hall–Kier alpha value is -4.14. The van der Waals surface area contributed by atoms with Crippen LogP contribution >= 0.6 is 0 Å². The second-order valence-electron chi connectivity index (χ2n) is 11.2. The summed E-state index contributed by atoms with van der Waals surface area (Å²) in [6, 6.07) is 27.5. The van der Waals surface area contributed by atoms with Crippen LogP contribution < -0.4 is 15.1 Å². The molecule has 42 heavy (non-hydrogen) atoms. The van der Waals surface area contributed by atoms with Crippen LogP contribution in [-0.2, 0) is 16.1 Å². The molecule has 0 radical (unpaired) electrons. The zero-order chi connectivity index (χ0) is 28.9. The van der Waals surface area contributed by atoms with Gasteiger partial charge in [-0.25, -0.2) is 4.68 Å². The van der Waals surface area contributed by atoms with Crippen molar-refractivity contribution in [3.63, 3.8) is 0 Å². The Morgan fingerprint density at radius 2 is 1.55 bits per heavy atom. The molecule has 8 heteroatoms. The van der Waals surface area contributed by atoms with Gasteiger partial charge in [0.1, 0.15) is 0 Å². The summed E-state index contributed by atoms with van der Waals surface area (Å²) < 4.78 is 7.47. The van der Waals surface area contributed by atoms with Crippen molar-refractivity contribution >= 4 is 17.3 Å². The van der Waals surface area contributed by atoms with E-state index in [0.29, 0.717) is 13.1 Å². The van der Waals surface area contributed by atoms with Gasteiger partial charge in [0.25, 0.3) is 0 Å². The fourth-order valence-electron chi connectivity index (χ4n) is 5.91. The Balaban J connectivity index is 1.09. The van der Waals surface area contributed by atoms with E-state index >= 15 is 0 Å². The summed E-state index contributed by atoms with van der Waals surface area (Å²) in [5.41, 5.74) is 9.00. The second-order valence-corrected chi connectivity index (χ2v) is 11.2. The number of ether oxygens (including phenoxy) is 1. The van der Waals surface area contributed by atoms with Crippen molar-refractivity contribution in [1.82, 2.24) is 20.0 Å². The maximum atomic E-state index is 12.9. The standard InChI is InChI=1S/C34H40N6O2/c1-26-8-13-32(27(2)22-26)39-16-14-37(15-17-39)25-34(41)35-24-29-23-33(40(36-29)31-6-4-3-5-7-31)28-9-11-30(12-10-28)38-18-20-42-21-19-38/h3-13,22-23H,14-21,24-25H2,1-2H3,(H,35,41). The van der Waals surface area contributed by atoms with Gasteiger partial charge in [0.05, 0.1) is 43.4 Å². The highest BCUT2D eigenvalue weighted by atomic mass is 16.5. The Kier molecular flexibility index (Phi) is 8.53. The third kappa shape index (κ3) is 6.50. The van der Waals surface area contributed by atoms with Crippen LogP contribution in [0.25, 0.3) is 16.9 Å². The van der Waals surface area contributed by atoms with E-state index in [9.17, 15) is 4.79 Å². The van der Waals surface area contributed by atoms with Crippen molar-refractivity contribution < 1.29 is 9.53 Å². The van der Waals surface area contributed by atoms with Crippen LogP contribution in [0.1, 0.15) is 16.8 Å². The number of hydrogen-bond donors (Lipinski definition) is 1. The molecule has 0 unspecified atom stereocenters. The molecule has 2 fully saturated rings. The van der Waals surface area contributed by atoms with Crippen LogP contribution in [0, 0.1) is 13.8 Å². The summed E-state index contributed by atoms with van der Waals surface area (Å²) in [5, 5.41) is 8.01. The molecule has 2 aliphatic heterocycles. The number of anilines is 2. The zero-order valence-corrected chi connectivity index (χ0v) is 24.6. The third-order valence-corrected chi connectivity index (χ3v) is 8.20. The zero-order valence-electron chi connectivity index (χ0n) is 24.6. The molecule has 3 aromatic carbocycles. The topological polar surface area (TPSA) is 65.9 Å². The fourth-order valence-corrected chi connectivity index (χ4v) is 5.91. The number of benzene rings is 3. The van der Waals surface area contributed by atoms with Crippen molar-refractivity contribution in [3.8, 4) is 16.9 Å². The van der Waals surface area contributed by atoms with E-state index in [1.807, 2.05) is 22.9 Å². The summed E-state index contributed by atoms with van der Waals surface area (Å²) in [4.78, 5) is 19.9. The molecule has 0 atom stereocenters. The van der Waals surface area contributed by atoms with Gasteiger partial charge in [-0.05, 0) is 55.8 Å². The number of hydrogen-bond acceptors (Lipinski definition) is 6. The summed E-state index contributed by atoms with van der Waals surface area (Å²) in [5.74, 6) is 0.0284. The first-order valence-electron chi connectivity index (χ1n) is 14.9. The molecule has 0 saturated carbocycles. The van der Waals surface area contributed by atoms with Crippen LogP contribution in [0.2, 0.25) is 0 Å². The largest absolute Gasteiger partial charge is 0.378 e. The molecule has 3 heterocycles.